The highest BCUT2D eigenvalue weighted by Gasteiger charge is 2.47. The molecular formula is C29H21ClN2O4. The minimum absolute atomic E-state index is 0.0506. The Morgan fingerprint density at radius 3 is 2.36 bits per heavy atom. The molecule has 4 aromatic rings. The zero-order chi connectivity index (χ0) is 25.1. The van der Waals surface area contributed by atoms with Crippen LogP contribution in [0.4, 0.5) is 5.69 Å². The van der Waals surface area contributed by atoms with E-state index in [1.807, 2.05) is 30.3 Å². The van der Waals surface area contributed by atoms with E-state index in [0.717, 1.165) is 5.56 Å². The summed E-state index contributed by atoms with van der Waals surface area (Å²) in [7, 11) is 0. The van der Waals surface area contributed by atoms with Crippen LogP contribution in [0, 0.1) is 0 Å². The maximum absolute atomic E-state index is 13.2. The first-order chi connectivity index (χ1) is 17.5. The smallest absolute Gasteiger partial charge is 0.300 e. The van der Waals surface area contributed by atoms with E-state index >= 15 is 0 Å². The number of rotatable bonds is 6. The summed E-state index contributed by atoms with van der Waals surface area (Å²) in [5, 5.41) is 11.5. The van der Waals surface area contributed by atoms with Crippen molar-refractivity contribution >= 4 is 34.7 Å². The van der Waals surface area contributed by atoms with Crippen molar-refractivity contribution in [2.75, 3.05) is 4.90 Å². The summed E-state index contributed by atoms with van der Waals surface area (Å²) in [5.41, 5.74) is 2.24. The third kappa shape index (κ3) is 4.59. The van der Waals surface area contributed by atoms with Gasteiger partial charge < -0.3 is 9.84 Å². The van der Waals surface area contributed by atoms with Crippen LogP contribution in [-0.2, 0) is 16.2 Å². The molecule has 1 fully saturated rings. The number of aliphatic hydroxyl groups excluding tert-OH is 1. The van der Waals surface area contributed by atoms with Crippen LogP contribution in [0.15, 0.2) is 109 Å². The molecule has 0 radical (unpaired) electrons. The fourth-order valence-corrected chi connectivity index (χ4v) is 4.34. The molecule has 1 atom stereocenters. The number of hydrogen-bond acceptors (Lipinski definition) is 5. The predicted octanol–water partition coefficient (Wildman–Crippen LogP) is 5.94. The zero-order valence-corrected chi connectivity index (χ0v) is 19.8. The largest absolute Gasteiger partial charge is 0.507 e. The lowest BCUT2D eigenvalue weighted by Gasteiger charge is -2.24. The van der Waals surface area contributed by atoms with E-state index in [0.29, 0.717) is 34.3 Å². The molecule has 0 saturated carbocycles. The number of halogens is 1. The van der Waals surface area contributed by atoms with Gasteiger partial charge in [-0.3, -0.25) is 19.5 Å². The first-order valence-corrected chi connectivity index (χ1v) is 11.7. The van der Waals surface area contributed by atoms with E-state index < -0.39 is 17.7 Å². The molecule has 1 aromatic heterocycles. The Morgan fingerprint density at radius 2 is 1.67 bits per heavy atom. The van der Waals surface area contributed by atoms with Crippen molar-refractivity contribution in [2.45, 2.75) is 12.6 Å². The second kappa shape index (κ2) is 10.1. The van der Waals surface area contributed by atoms with E-state index in [2.05, 4.69) is 4.98 Å². The Morgan fingerprint density at radius 1 is 0.917 bits per heavy atom. The zero-order valence-electron chi connectivity index (χ0n) is 19.0. The van der Waals surface area contributed by atoms with Gasteiger partial charge in [0.25, 0.3) is 11.7 Å². The van der Waals surface area contributed by atoms with Crippen LogP contribution in [-0.4, -0.2) is 21.8 Å². The highest BCUT2D eigenvalue weighted by atomic mass is 35.5. The number of nitrogens with zero attached hydrogens (tertiary/aromatic N) is 2. The van der Waals surface area contributed by atoms with Crippen molar-refractivity contribution in [2.24, 2.45) is 0 Å². The molecule has 0 bridgehead atoms. The lowest BCUT2D eigenvalue weighted by molar-refractivity contribution is -0.132. The van der Waals surface area contributed by atoms with E-state index in [1.54, 1.807) is 72.9 Å². The van der Waals surface area contributed by atoms with E-state index in [9.17, 15) is 14.7 Å². The molecule has 1 aliphatic heterocycles. The minimum Gasteiger partial charge on any atom is -0.507 e. The number of ether oxygens (including phenoxy) is 1. The molecule has 1 amide bonds. The summed E-state index contributed by atoms with van der Waals surface area (Å²) in [5.74, 6) is -1.25. The maximum atomic E-state index is 13.2. The standard InChI is InChI=1S/C29H21ClN2O4/c30-21-10-6-9-20(17-21)27(33)25-26(24-11-4-5-16-31-24)32(29(35)28(25)34)22-12-14-23(15-13-22)36-18-19-7-2-1-3-8-19/h1-17,26,33H,18H2/b27-25-. The van der Waals surface area contributed by atoms with Crippen LogP contribution in [0.3, 0.4) is 0 Å². The molecule has 0 spiro atoms. The number of ketones is 1. The number of aromatic nitrogens is 1. The van der Waals surface area contributed by atoms with Crippen LogP contribution >= 0.6 is 11.6 Å². The lowest BCUT2D eigenvalue weighted by atomic mass is 9.98. The number of amides is 1. The summed E-state index contributed by atoms with van der Waals surface area (Å²) in [6, 6.07) is 27.5. The Hall–Kier alpha value is -4.42. The van der Waals surface area contributed by atoms with Crippen LogP contribution < -0.4 is 9.64 Å². The van der Waals surface area contributed by atoms with E-state index in [4.69, 9.17) is 16.3 Å². The van der Waals surface area contributed by atoms with Gasteiger partial charge in [-0.2, -0.15) is 0 Å². The third-order valence-electron chi connectivity index (χ3n) is 5.87. The first kappa shape index (κ1) is 23.3. The van der Waals surface area contributed by atoms with Crippen LogP contribution in [0.2, 0.25) is 5.02 Å². The molecular weight excluding hydrogens is 476 g/mol. The summed E-state index contributed by atoms with van der Waals surface area (Å²) in [6.07, 6.45) is 1.58. The summed E-state index contributed by atoms with van der Waals surface area (Å²) >= 11 is 6.10. The second-order valence-electron chi connectivity index (χ2n) is 8.20. The van der Waals surface area contributed by atoms with Gasteiger partial charge in [-0.25, -0.2) is 0 Å². The van der Waals surface area contributed by atoms with Gasteiger partial charge in [0.05, 0.1) is 11.3 Å². The first-order valence-electron chi connectivity index (χ1n) is 11.3. The second-order valence-corrected chi connectivity index (χ2v) is 8.64. The van der Waals surface area contributed by atoms with Gasteiger partial charge in [0, 0.05) is 22.5 Å². The van der Waals surface area contributed by atoms with Gasteiger partial charge in [0.15, 0.2) is 0 Å². The molecule has 0 aliphatic carbocycles. The van der Waals surface area contributed by atoms with Gasteiger partial charge in [-0.15, -0.1) is 0 Å². The van der Waals surface area contributed by atoms with Gasteiger partial charge in [0.2, 0.25) is 0 Å². The third-order valence-corrected chi connectivity index (χ3v) is 6.11. The molecule has 7 heteroatoms. The molecule has 1 saturated heterocycles. The molecule has 1 N–H and O–H groups in total. The molecule has 1 aliphatic rings. The number of aliphatic hydroxyl groups is 1. The summed E-state index contributed by atoms with van der Waals surface area (Å²) in [4.78, 5) is 32.2. The fourth-order valence-electron chi connectivity index (χ4n) is 4.15. The Labute approximate surface area is 213 Å². The van der Waals surface area contributed by atoms with Crippen molar-refractivity contribution in [1.82, 2.24) is 4.98 Å². The normalized spacial score (nSPS) is 16.8. The predicted molar refractivity (Wildman–Crippen MR) is 138 cm³/mol. The molecule has 178 valence electrons. The molecule has 3 aromatic carbocycles. The number of carbonyl (C=O) groups excluding carboxylic acids is 2. The van der Waals surface area contributed by atoms with Crippen molar-refractivity contribution < 1.29 is 19.4 Å². The van der Waals surface area contributed by atoms with Crippen LogP contribution in [0.25, 0.3) is 5.76 Å². The molecule has 1 unspecified atom stereocenters. The quantitative estimate of drug-likeness (QED) is 0.203. The van der Waals surface area contributed by atoms with E-state index in [-0.39, 0.29) is 11.3 Å². The monoisotopic (exact) mass is 496 g/mol. The van der Waals surface area contributed by atoms with Crippen molar-refractivity contribution in [3.8, 4) is 5.75 Å². The Balaban J connectivity index is 1.52. The van der Waals surface area contributed by atoms with Gasteiger partial charge >= 0.3 is 0 Å². The van der Waals surface area contributed by atoms with Crippen molar-refractivity contribution in [3.05, 3.63) is 131 Å². The Bertz CT molecular complexity index is 1440. The number of hydrogen-bond donors (Lipinski definition) is 1. The number of benzene rings is 3. The lowest BCUT2D eigenvalue weighted by Crippen LogP contribution is -2.29. The molecule has 6 nitrogen and oxygen atoms in total. The topological polar surface area (TPSA) is 79.7 Å². The molecule has 5 rings (SSSR count). The number of Topliss-reactive ketones (excluding diaryl/α,β-unsaturated/α-hetero) is 1. The highest BCUT2D eigenvalue weighted by molar-refractivity contribution is 6.51. The number of carbonyl (C=O) groups is 2. The maximum Gasteiger partial charge on any atom is 0.300 e. The minimum atomic E-state index is -0.915. The fraction of sp³-hybridized carbons (Fsp3) is 0.0690. The highest BCUT2D eigenvalue weighted by Crippen LogP contribution is 2.42. The summed E-state index contributed by atoms with van der Waals surface area (Å²) < 4.78 is 5.85. The van der Waals surface area contributed by atoms with Crippen molar-refractivity contribution in [3.63, 3.8) is 0 Å². The van der Waals surface area contributed by atoms with Gasteiger partial charge in [0.1, 0.15) is 24.2 Å². The van der Waals surface area contributed by atoms with Gasteiger partial charge in [-0.05, 0) is 54.1 Å². The van der Waals surface area contributed by atoms with Crippen LogP contribution in [0.1, 0.15) is 22.9 Å². The van der Waals surface area contributed by atoms with Gasteiger partial charge in [-0.1, -0.05) is 60.1 Å². The molecule has 36 heavy (non-hydrogen) atoms. The Kier molecular flexibility index (Phi) is 6.52. The average molecular weight is 497 g/mol. The van der Waals surface area contributed by atoms with Crippen molar-refractivity contribution in [1.29, 1.82) is 0 Å². The molecule has 2 heterocycles. The summed E-state index contributed by atoms with van der Waals surface area (Å²) in [6.45, 7) is 0.401. The SMILES string of the molecule is O=C1C(=O)N(c2ccc(OCc3ccccc3)cc2)C(c2ccccn2)/C1=C(/O)c1cccc(Cl)c1. The average Bonchev–Trinajstić information content (AvgIpc) is 3.18. The van der Waals surface area contributed by atoms with E-state index in [1.165, 1.54) is 4.90 Å². The number of anilines is 1. The van der Waals surface area contributed by atoms with Crippen LogP contribution in [0.5, 0.6) is 5.75 Å². The number of pyridine rings is 1.